The summed E-state index contributed by atoms with van der Waals surface area (Å²) in [6.45, 7) is 2.49. The maximum absolute atomic E-state index is 12.5. The van der Waals surface area contributed by atoms with Crippen molar-refractivity contribution >= 4 is 5.91 Å². The van der Waals surface area contributed by atoms with E-state index in [-0.39, 0.29) is 5.91 Å². The molecular formula is C21H23N5O2. The van der Waals surface area contributed by atoms with Gasteiger partial charge in [-0.25, -0.2) is 0 Å². The zero-order chi connectivity index (χ0) is 19.2. The van der Waals surface area contributed by atoms with Crippen molar-refractivity contribution in [2.45, 2.75) is 25.2 Å². The molecule has 0 bridgehead atoms. The molecule has 1 aromatic carbocycles. The molecule has 0 saturated carbocycles. The molecule has 1 aliphatic rings. The summed E-state index contributed by atoms with van der Waals surface area (Å²) in [6, 6.07) is 11.6. The van der Waals surface area contributed by atoms with Crippen LogP contribution in [0.15, 0.2) is 53.3 Å². The lowest BCUT2D eigenvalue weighted by Crippen LogP contribution is -2.29. The fraction of sp³-hybridized carbons (Fsp3) is 0.333. The molecule has 7 heteroatoms. The molecule has 3 heterocycles. The maximum Gasteiger partial charge on any atom is 0.251 e. The molecule has 2 N–H and O–H groups in total. The second kappa shape index (κ2) is 8.75. The zero-order valence-corrected chi connectivity index (χ0v) is 15.6. The van der Waals surface area contributed by atoms with Gasteiger partial charge in [0.15, 0.2) is 0 Å². The normalized spacial score (nSPS) is 16.6. The van der Waals surface area contributed by atoms with E-state index in [2.05, 4.69) is 31.8 Å². The summed E-state index contributed by atoms with van der Waals surface area (Å²) in [6.07, 6.45) is 6.19. The summed E-state index contributed by atoms with van der Waals surface area (Å²) in [5, 5.41) is 10.3. The van der Waals surface area contributed by atoms with Crippen LogP contribution in [0.2, 0.25) is 0 Å². The number of nitrogens with zero attached hydrogens (tertiary/aromatic N) is 3. The third-order valence-electron chi connectivity index (χ3n) is 4.93. The molecule has 1 atom stereocenters. The van der Waals surface area contributed by atoms with Crippen LogP contribution in [0.5, 0.6) is 0 Å². The Morgan fingerprint density at radius 3 is 3.07 bits per heavy atom. The Bertz CT molecular complexity index is 919. The van der Waals surface area contributed by atoms with E-state index in [1.807, 2.05) is 30.3 Å². The van der Waals surface area contributed by atoms with E-state index in [0.29, 0.717) is 36.2 Å². The lowest BCUT2D eigenvalue weighted by molar-refractivity contribution is 0.0953. The largest absolute Gasteiger partial charge is 0.352 e. The molecule has 2 aromatic heterocycles. The topological polar surface area (TPSA) is 92.9 Å². The lowest BCUT2D eigenvalue weighted by atomic mass is 9.90. The van der Waals surface area contributed by atoms with Gasteiger partial charge in [-0.1, -0.05) is 17.3 Å². The van der Waals surface area contributed by atoms with Gasteiger partial charge in [0.05, 0.1) is 0 Å². The van der Waals surface area contributed by atoms with Crippen molar-refractivity contribution in [2.24, 2.45) is 0 Å². The Morgan fingerprint density at radius 2 is 2.25 bits per heavy atom. The van der Waals surface area contributed by atoms with Gasteiger partial charge in [0.2, 0.25) is 11.7 Å². The summed E-state index contributed by atoms with van der Waals surface area (Å²) < 4.78 is 5.26. The number of nitrogens with one attached hydrogen (secondary N) is 2. The monoisotopic (exact) mass is 377 g/mol. The summed E-state index contributed by atoms with van der Waals surface area (Å²) in [5.41, 5.74) is 2.71. The molecule has 0 radical (unpaired) electrons. The highest BCUT2D eigenvalue weighted by atomic mass is 16.5. The standard InChI is InChI=1S/C21H23N5O2/c27-21(16-5-1-4-15(12-16)17-6-2-9-22-13-17)24-11-8-19-25-20(26-28-19)18-7-3-10-23-14-18/h1,3-5,7,10,12,14,17,22H,2,6,8-9,11,13H2,(H,24,27)/t17-/m1/s1. The predicted octanol–water partition coefficient (Wildman–Crippen LogP) is 2.57. The van der Waals surface area contributed by atoms with E-state index in [1.54, 1.807) is 12.4 Å². The Morgan fingerprint density at radius 1 is 1.29 bits per heavy atom. The molecule has 0 spiro atoms. The van der Waals surface area contributed by atoms with Crippen LogP contribution in [-0.4, -0.2) is 40.7 Å². The zero-order valence-electron chi connectivity index (χ0n) is 15.6. The number of piperidine rings is 1. The van der Waals surface area contributed by atoms with Gasteiger partial charge in [0, 0.05) is 43.0 Å². The third-order valence-corrected chi connectivity index (χ3v) is 4.93. The van der Waals surface area contributed by atoms with Crippen LogP contribution < -0.4 is 10.6 Å². The van der Waals surface area contributed by atoms with E-state index in [1.165, 1.54) is 12.0 Å². The first-order valence-corrected chi connectivity index (χ1v) is 9.61. The molecular weight excluding hydrogens is 354 g/mol. The van der Waals surface area contributed by atoms with Crippen molar-refractivity contribution in [2.75, 3.05) is 19.6 Å². The van der Waals surface area contributed by atoms with E-state index < -0.39 is 0 Å². The van der Waals surface area contributed by atoms with Crippen LogP contribution >= 0.6 is 0 Å². The van der Waals surface area contributed by atoms with E-state index in [9.17, 15) is 4.79 Å². The SMILES string of the molecule is O=C(NCCc1nc(-c2cccnc2)no1)c1cccc([C@@H]2CCCNC2)c1. The van der Waals surface area contributed by atoms with Gasteiger partial charge < -0.3 is 15.2 Å². The molecule has 7 nitrogen and oxygen atoms in total. The number of rotatable bonds is 6. The van der Waals surface area contributed by atoms with Crippen molar-refractivity contribution in [1.29, 1.82) is 0 Å². The first kappa shape index (κ1) is 18.3. The van der Waals surface area contributed by atoms with Gasteiger partial charge in [-0.05, 0) is 55.1 Å². The molecule has 1 amide bonds. The minimum Gasteiger partial charge on any atom is -0.352 e. The predicted molar refractivity (Wildman–Crippen MR) is 105 cm³/mol. The van der Waals surface area contributed by atoms with Crippen LogP contribution in [-0.2, 0) is 6.42 Å². The molecule has 0 aliphatic carbocycles. The Balaban J connectivity index is 1.32. The van der Waals surface area contributed by atoms with Crippen LogP contribution in [0.4, 0.5) is 0 Å². The fourth-order valence-corrected chi connectivity index (χ4v) is 3.42. The van der Waals surface area contributed by atoms with Crippen LogP contribution in [0, 0.1) is 0 Å². The van der Waals surface area contributed by atoms with Crippen molar-refractivity contribution < 1.29 is 9.32 Å². The van der Waals surface area contributed by atoms with Crippen molar-refractivity contribution in [3.05, 3.63) is 65.8 Å². The number of benzene rings is 1. The maximum atomic E-state index is 12.5. The molecule has 1 fully saturated rings. The number of hydrogen-bond acceptors (Lipinski definition) is 6. The fourth-order valence-electron chi connectivity index (χ4n) is 3.42. The Kier molecular flexibility index (Phi) is 5.72. The van der Waals surface area contributed by atoms with Gasteiger partial charge in [0.25, 0.3) is 5.91 Å². The highest BCUT2D eigenvalue weighted by molar-refractivity contribution is 5.94. The molecule has 28 heavy (non-hydrogen) atoms. The van der Waals surface area contributed by atoms with Crippen LogP contribution in [0.25, 0.3) is 11.4 Å². The van der Waals surface area contributed by atoms with Crippen LogP contribution in [0.3, 0.4) is 0 Å². The van der Waals surface area contributed by atoms with Crippen LogP contribution in [0.1, 0.15) is 40.6 Å². The first-order valence-electron chi connectivity index (χ1n) is 9.61. The van der Waals surface area contributed by atoms with Gasteiger partial charge in [-0.3, -0.25) is 9.78 Å². The van der Waals surface area contributed by atoms with Crippen molar-refractivity contribution in [3.63, 3.8) is 0 Å². The molecule has 0 unspecified atom stereocenters. The minimum atomic E-state index is -0.0855. The van der Waals surface area contributed by atoms with Gasteiger partial charge in [-0.15, -0.1) is 0 Å². The van der Waals surface area contributed by atoms with Gasteiger partial charge >= 0.3 is 0 Å². The highest BCUT2D eigenvalue weighted by Gasteiger charge is 2.16. The van der Waals surface area contributed by atoms with Gasteiger partial charge in [0.1, 0.15) is 0 Å². The first-order chi connectivity index (χ1) is 13.8. The Hall–Kier alpha value is -3.06. The van der Waals surface area contributed by atoms with Crippen molar-refractivity contribution in [1.82, 2.24) is 25.8 Å². The minimum absolute atomic E-state index is 0.0855. The smallest absolute Gasteiger partial charge is 0.251 e. The average Bonchev–Trinajstić information content (AvgIpc) is 3.24. The number of pyridine rings is 1. The second-order valence-corrected chi connectivity index (χ2v) is 6.93. The molecule has 144 valence electrons. The quantitative estimate of drug-likeness (QED) is 0.686. The lowest BCUT2D eigenvalue weighted by Gasteiger charge is -2.23. The van der Waals surface area contributed by atoms with E-state index in [4.69, 9.17) is 4.52 Å². The number of hydrogen-bond donors (Lipinski definition) is 2. The molecule has 1 aliphatic heterocycles. The molecule has 3 aromatic rings. The Labute approximate surface area is 163 Å². The summed E-state index contributed by atoms with van der Waals surface area (Å²) in [7, 11) is 0. The average molecular weight is 377 g/mol. The van der Waals surface area contributed by atoms with Gasteiger partial charge in [-0.2, -0.15) is 4.98 Å². The van der Waals surface area contributed by atoms with E-state index >= 15 is 0 Å². The summed E-state index contributed by atoms with van der Waals surface area (Å²) >= 11 is 0. The number of amides is 1. The highest BCUT2D eigenvalue weighted by Crippen LogP contribution is 2.23. The van der Waals surface area contributed by atoms with E-state index in [0.717, 1.165) is 25.1 Å². The molecule has 1 saturated heterocycles. The summed E-state index contributed by atoms with van der Waals surface area (Å²) in [4.78, 5) is 20.9. The number of aromatic nitrogens is 3. The second-order valence-electron chi connectivity index (χ2n) is 6.93. The number of carbonyl (C=O) groups excluding carboxylic acids is 1. The van der Waals surface area contributed by atoms with Crippen molar-refractivity contribution in [3.8, 4) is 11.4 Å². The third kappa shape index (κ3) is 4.43. The molecule has 4 rings (SSSR count). The number of carbonyl (C=O) groups is 1. The summed E-state index contributed by atoms with van der Waals surface area (Å²) in [5.74, 6) is 1.38.